The molecule has 0 fully saturated rings. The van der Waals surface area contributed by atoms with Gasteiger partial charge >= 0.3 is 0 Å². The molecule has 1 atom stereocenters. The number of hydrogen-bond acceptors (Lipinski definition) is 6. The van der Waals surface area contributed by atoms with Crippen molar-refractivity contribution < 1.29 is 9.53 Å². The Hall–Kier alpha value is -2.15. The molecular formula is C14H18N4O2S. The number of ether oxygens (including phenoxy) is 1. The summed E-state index contributed by atoms with van der Waals surface area (Å²) in [5, 5.41) is 11.7. The quantitative estimate of drug-likeness (QED) is 0.851. The average molecular weight is 306 g/mol. The molecule has 0 bridgehead atoms. The molecule has 0 aliphatic rings. The fourth-order valence-electron chi connectivity index (χ4n) is 1.85. The predicted octanol–water partition coefficient (Wildman–Crippen LogP) is 1.94. The second-order valence-electron chi connectivity index (χ2n) is 4.62. The van der Waals surface area contributed by atoms with E-state index in [4.69, 9.17) is 10.5 Å². The van der Waals surface area contributed by atoms with Crippen LogP contribution in [-0.4, -0.2) is 23.2 Å². The predicted molar refractivity (Wildman–Crippen MR) is 82.2 cm³/mol. The summed E-state index contributed by atoms with van der Waals surface area (Å²) < 4.78 is 5.10. The van der Waals surface area contributed by atoms with Crippen molar-refractivity contribution in [3.63, 3.8) is 0 Å². The van der Waals surface area contributed by atoms with E-state index in [1.54, 1.807) is 7.11 Å². The van der Waals surface area contributed by atoms with Gasteiger partial charge in [0.1, 0.15) is 10.8 Å². The number of carbonyl (C=O) groups excluding carboxylic acids is 1. The van der Waals surface area contributed by atoms with Gasteiger partial charge in [-0.3, -0.25) is 4.79 Å². The van der Waals surface area contributed by atoms with Gasteiger partial charge in [0.2, 0.25) is 11.0 Å². The van der Waals surface area contributed by atoms with Gasteiger partial charge in [0.15, 0.2) is 0 Å². The highest BCUT2D eigenvalue weighted by atomic mass is 32.1. The van der Waals surface area contributed by atoms with Gasteiger partial charge in [0.05, 0.1) is 13.2 Å². The molecule has 1 heterocycles. The zero-order valence-corrected chi connectivity index (χ0v) is 12.8. The third-order valence-corrected chi connectivity index (χ3v) is 3.94. The molecule has 21 heavy (non-hydrogen) atoms. The zero-order chi connectivity index (χ0) is 15.2. The molecule has 2 rings (SSSR count). The molecule has 0 spiro atoms. The first-order valence-corrected chi connectivity index (χ1v) is 7.41. The summed E-state index contributed by atoms with van der Waals surface area (Å²) in [6, 6.07) is 7.52. The summed E-state index contributed by atoms with van der Waals surface area (Å²) >= 11 is 1.28. The van der Waals surface area contributed by atoms with E-state index < -0.39 is 0 Å². The largest absolute Gasteiger partial charge is 0.497 e. The first-order valence-electron chi connectivity index (χ1n) is 6.59. The molecule has 0 saturated heterocycles. The number of nitrogens with zero attached hydrogens (tertiary/aromatic N) is 2. The molecule has 2 aromatic rings. The molecule has 1 aromatic carbocycles. The van der Waals surface area contributed by atoms with Crippen molar-refractivity contribution in [3.8, 4) is 5.75 Å². The van der Waals surface area contributed by atoms with Crippen LogP contribution in [0.4, 0.5) is 5.13 Å². The van der Waals surface area contributed by atoms with Crippen molar-refractivity contribution in [2.24, 2.45) is 0 Å². The number of anilines is 1. The number of benzene rings is 1. The van der Waals surface area contributed by atoms with Crippen LogP contribution in [-0.2, 0) is 11.2 Å². The van der Waals surface area contributed by atoms with Crippen molar-refractivity contribution in [1.82, 2.24) is 15.5 Å². The molecule has 0 aliphatic carbocycles. The van der Waals surface area contributed by atoms with Crippen molar-refractivity contribution in [3.05, 3.63) is 34.8 Å². The maximum atomic E-state index is 11.9. The van der Waals surface area contributed by atoms with E-state index in [1.165, 1.54) is 11.3 Å². The standard InChI is InChI=1S/C14H18N4O2S/c1-9(13-17-18-14(15)21-13)16-12(19)8-5-10-3-6-11(20-2)7-4-10/h3-4,6-7,9H,5,8H2,1-2H3,(H2,15,18)(H,16,19). The van der Waals surface area contributed by atoms with E-state index in [-0.39, 0.29) is 11.9 Å². The summed E-state index contributed by atoms with van der Waals surface area (Å²) in [5.41, 5.74) is 6.62. The van der Waals surface area contributed by atoms with Gasteiger partial charge in [-0.15, -0.1) is 10.2 Å². The molecule has 0 saturated carbocycles. The van der Waals surface area contributed by atoms with E-state index in [1.807, 2.05) is 31.2 Å². The summed E-state index contributed by atoms with van der Waals surface area (Å²) in [4.78, 5) is 11.9. The lowest BCUT2D eigenvalue weighted by Crippen LogP contribution is -2.26. The van der Waals surface area contributed by atoms with Crippen LogP contribution >= 0.6 is 11.3 Å². The fourth-order valence-corrected chi connectivity index (χ4v) is 2.46. The Labute approximate surface area is 127 Å². The summed E-state index contributed by atoms with van der Waals surface area (Å²) in [5.74, 6) is 0.790. The van der Waals surface area contributed by atoms with Crippen LogP contribution in [0, 0.1) is 0 Å². The van der Waals surface area contributed by atoms with Crippen LogP contribution in [0.1, 0.15) is 30.0 Å². The average Bonchev–Trinajstić information content (AvgIpc) is 2.92. The lowest BCUT2D eigenvalue weighted by atomic mass is 10.1. The second kappa shape index (κ2) is 7.03. The number of amides is 1. The highest BCUT2D eigenvalue weighted by Gasteiger charge is 2.13. The van der Waals surface area contributed by atoms with Crippen LogP contribution in [0.5, 0.6) is 5.75 Å². The Balaban J connectivity index is 1.81. The van der Waals surface area contributed by atoms with Gasteiger partial charge in [-0.2, -0.15) is 0 Å². The number of nitrogens with two attached hydrogens (primary N) is 1. The molecule has 0 aliphatic heterocycles. The third-order valence-electron chi connectivity index (χ3n) is 3.00. The normalized spacial score (nSPS) is 11.9. The molecule has 6 nitrogen and oxygen atoms in total. The van der Waals surface area contributed by atoms with E-state index in [2.05, 4.69) is 15.5 Å². The number of rotatable bonds is 6. The monoisotopic (exact) mass is 306 g/mol. The minimum absolute atomic E-state index is 0.0212. The molecule has 0 radical (unpaired) electrons. The Morgan fingerprint density at radius 3 is 2.67 bits per heavy atom. The summed E-state index contributed by atoms with van der Waals surface area (Å²) in [7, 11) is 1.63. The molecule has 1 amide bonds. The Kier molecular flexibility index (Phi) is 5.10. The van der Waals surface area contributed by atoms with Crippen molar-refractivity contribution in [2.75, 3.05) is 12.8 Å². The maximum absolute atomic E-state index is 11.9. The maximum Gasteiger partial charge on any atom is 0.220 e. The van der Waals surface area contributed by atoms with Crippen LogP contribution in [0.15, 0.2) is 24.3 Å². The Bertz CT molecular complexity index is 597. The molecule has 1 unspecified atom stereocenters. The van der Waals surface area contributed by atoms with E-state index in [9.17, 15) is 4.79 Å². The van der Waals surface area contributed by atoms with Gasteiger partial charge in [0, 0.05) is 6.42 Å². The van der Waals surface area contributed by atoms with Crippen molar-refractivity contribution >= 4 is 22.4 Å². The van der Waals surface area contributed by atoms with Gasteiger partial charge in [-0.1, -0.05) is 23.5 Å². The fraction of sp³-hybridized carbons (Fsp3) is 0.357. The summed E-state index contributed by atoms with van der Waals surface area (Å²) in [6.07, 6.45) is 1.10. The minimum Gasteiger partial charge on any atom is -0.497 e. The third kappa shape index (κ3) is 4.42. The highest BCUT2D eigenvalue weighted by molar-refractivity contribution is 7.15. The van der Waals surface area contributed by atoms with Crippen LogP contribution < -0.4 is 15.8 Å². The number of carbonyl (C=O) groups is 1. The van der Waals surface area contributed by atoms with E-state index >= 15 is 0 Å². The van der Waals surface area contributed by atoms with Crippen molar-refractivity contribution in [1.29, 1.82) is 0 Å². The van der Waals surface area contributed by atoms with Gasteiger partial charge in [-0.25, -0.2) is 0 Å². The lowest BCUT2D eigenvalue weighted by molar-refractivity contribution is -0.121. The highest BCUT2D eigenvalue weighted by Crippen LogP contribution is 2.19. The number of aryl methyl sites for hydroxylation is 1. The molecule has 7 heteroatoms. The molecule has 112 valence electrons. The topological polar surface area (TPSA) is 90.1 Å². The second-order valence-corrected chi connectivity index (χ2v) is 5.66. The molecular weight excluding hydrogens is 288 g/mol. The number of aromatic nitrogens is 2. The molecule has 1 aromatic heterocycles. The molecule has 3 N–H and O–H groups in total. The lowest BCUT2D eigenvalue weighted by Gasteiger charge is -2.10. The SMILES string of the molecule is COc1ccc(CCC(=O)NC(C)c2nnc(N)s2)cc1. The number of nitrogens with one attached hydrogen (secondary N) is 1. The van der Waals surface area contributed by atoms with Crippen LogP contribution in [0.2, 0.25) is 0 Å². The Morgan fingerprint density at radius 2 is 2.10 bits per heavy atom. The number of methoxy groups -OCH3 is 1. The number of hydrogen-bond donors (Lipinski definition) is 2. The minimum atomic E-state index is -0.178. The zero-order valence-electron chi connectivity index (χ0n) is 12.0. The van der Waals surface area contributed by atoms with E-state index in [0.717, 1.165) is 11.3 Å². The van der Waals surface area contributed by atoms with Crippen LogP contribution in [0.3, 0.4) is 0 Å². The van der Waals surface area contributed by atoms with E-state index in [0.29, 0.717) is 23.0 Å². The first kappa shape index (κ1) is 15.2. The Morgan fingerprint density at radius 1 is 1.38 bits per heavy atom. The summed E-state index contributed by atoms with van der Waals surface area (Å²) in [6.45, 7) is 1.87. The van der Waals surface area contributed by atoms with Gasteiger partial charge in [0.25, 0.3) is 0 Å². The van der Waals surface area contributed by atoms with Gasteiger partial charge < -0.3 is 15.8 Å². The van der Waals surface area contributed by atoms with Gasteiger partial charge in [-0.05, 0) is 31.0 Å². The van der Waals surface area contributed by atoms with Crippen molar-refractivity contribution in [2.45, 2.75) is 25.8 Å². The van der Waals surface area contributed by atoms with Crippen LogP contribution in [0.25, 0.3) is 0 Å². The number of nitrogen functional groups attached to an aromatic ring is 1. The smallest absolute Gasteiger partial charge is 0.220 e. The first-order chi connectivity index (χ1) is 10.1.